The number of thiophene rings is 1. The Morgan fingerprint density at radius 1 is 1.53 bits per heavy atom. The molecule has 0 spiro atoms. The van der Waals surface area contributed by atoms with Crippen molar-refractivity contribution in [3.8, 4) is 0 Å². The molecule has 0 bridgehead atoms. The molecule has 2 rings (SSSR count). The molecule has 2 aromatic heterocycles. The standard InChI is InChI=1S/C12H15NOS/c1-3-8(2)12(14)9-6-11-10(13-7-9)4-5-15-11/h4-8,12,14H,3H2,1-2H3. The Bertz CT molecular complexity index is 452. The van der Waals surface area contributed by atoms with E-state index in [4.69, 9.17) is 0 Å². The number of pyridine rings is 1. The number of fused-ring (bicyclic) bond motifs is 1. The van der Waals surface area contributed by atoms with Crippen LogP contribution in [0.1, 0.15) is 31.9 Å². The summed E-state index contributed by atoms with van der Waals surface area (Å²) in [7, 11) is 0. The van der Waals surface area contributed by atoms with E-state index in [0.29, 0.717) is 0 Å². The minimum atomic E-state index is -0.394. The molecular formula is C12H15NOS. The smallest absolute Gasteiger partial charge is 0.0830 e. The second-order valence-corrected chi connectivity index (χ2v) is 4.85. The van der Waals surface area contributed by atoms with Crippen LogP contribution in [0, 0.1) is 5.92 Å². The van der Waals surface area contributed by atoms with Gasteiger partial charge in [0.2, 0.25) is 0 Å². The fourth-order valence-corrected chi connectivity index (χ4v) is 2.36. The maximum absolute atomic E-state index is 10.1. The summed E-state index contributed by atoms with van der Waals surface area (Å²) < 4.78 is 1.15. The predicted octanol–water partition coefficient (Wildman–Crippen LogP) is 3.38. The van der Waals surface area contributed by atoms with Crippen molar-refractivity contribution >= 4 is 21.6 Å². The normalized spacial score (nSPS) is 15.4. The molecule has 0 radical (unpaired) electrons. The fourth-order valence-electron chi connectivity index (χ4n) is 1.58. The Morgan fingerprint density at radius 2 is 2.33 bits per heavy atom. The summed E-state index contributed by atoms with van der Waals surface area (Å²) in [5.41, 5.74) is 1.94. The van der Waals surface area contributed by atoms with Gasteiger partial charge in [-0.15, -0.1) is 11.3 Å². The zero-order valence-corrected chi connectivity index (χ0v) is 9.79. The van der Waals surface area contributed by atoms with Crippen molar-refractivity contribution in [2.45, 2.75) is 26.4 Å². The van der Waals surface area contributed by atoms with Crippen molar-refractivity contribution in [3.63, 3.8) is 0 Å². The lowest BCUT2D eigenvalue weighted by molar-refractivity contribution is 0.115. The molecule has 0 aromatic carbocycles. The second kappa shape index (κ2) is 4.29. The summed E-state index contributed by atoms with van der Waals surface area (Å²) in [6, 6.07) is 4.04. The van der Waals surface area contributed by atoms with E-state index in [1.165, 1.54) is 0 Å². The molecule has 0 aliphatic carbocycles. The molecule has 2 heterocycles. The maximum atomic E-state index is 10.1. The van der Waals surface area contributed by atoms with E-state index < -0.39 is 6.10 Å². The second-order valence-electron chi connectivity index (χ2n) is 3.90. The Labute approximate surface area is 93.6 Å². The number of aliphatic hydroxyl groups is 1. The number of rotatable bonds is 3. The summed E-state index contributed by atoms with van der Waals surface area (Å²) in [5, 5.41) is 12.1. The van der Waals surface area contributed by atoms with Crippen LogP contribution in [0.3, 0.4) is 0 Å². The van der Waals surface area contributed by atoms with Crippen LogP contribution < -0.4 is 0 Å². The molecule has 2 atom stereocenters. The van der Waals surface area contributed by atoms with Crippen LogP contribution in [-0.4, -0.2) is 10.1 Å². The van der Waals surface area contributed by atoms with Gasteiger partial charge in [-0.05, 0) is 23.4 Å². The van der Waals surface area contributed by atoms with Crippen molar-refractivity contribution in [2.75, 3.05) is 0 Å². The van der Waals surface area contributed by atoms with E-state index in [1.54, 1.807) is 17.5 Å². The molecule has 15 heavy (non-hydrogen) atoms. The third-order valence-electron chi connectivity index (χ3n) is 2.85. The highest BCUT2D eigenvalue weighted by Crippen LogP contribution is 2.27. The van der Waals surface area contributed by atoms with Gasteiger partial charge in [0, 0.05) is 11.8 Å². The van der Waals surface area contributed by atoms with Crippen molar-refractivity contribution in [3.05, 3.63) is 29.3 Å². The van der Waals surface area contributed by atoms with Gasteiger partial charge in [0.1, 0.15) is 0 Å². The number of hydrogen-bond acceptors (Lipinski definition) is 3. The topological polar surface area (TPSA) is 33.1 Å². The summed E-state index contributed by atoms with van der Waals surface area (Å²) in [6.45, 7) is 4.15. The van der Waals surface area contributed by atoms with Gasteiger partial charge < -0.3 is 5.11 Å². The summed E-state index contributed by atoms with van der Waals surface area (Å²) in [5.74, 6) is 0.282. The van der Waals surface area contributed by atoms with Crippen LogP contribution in [0.5, 0.6) is 0 Å². The Morgan fingerprint density at radius 3 is 3.07 bits per heavy atom. The van der Waals surface area contributed by atoms with E-state index in [2.05, 4.69) is 18.8 Å². The first-order valence-electron chi connectivity index (χ1n) is 5.23. The quantitative estimate of drug-likeness (QED) is 0.862. The summed E-state index contributed by atoms with van der Waals surface area (Å²) in [6.07, 6.45) is 2.37. The van der Waals surface area contributed by atoms with Crippen LogP contribution in [0.15, 0.2) is 23.7 Å². The lowest BCUT2D eigenvalue weighted by atomic mass is 9.96. The number of aliphatic hydroxyl groups excluding tert-OH is 1. The van der Waals surface area contributed by atoms with Gasteiger partial charge in [0.05, 0.1) is 16.3 Å². The molecule has 0 amide bonds. The Balaban J connectivity index is 2.35. The van der Waals surface area contributed by atoms with Crippen LogP contribution >= 0.6 is 11.3 Å². The van der Waals surface area contributed by atoms with E-state index in [-0.39, 0.29) is 5.92 Å². The molecule has 2 unspecified atom stereocenters. The van der Waals surface area contributed by atoms with Crippen molar-refractivity contribution < 1.29 is 5.11 Å². The van der Waals surface area contributed by atoms with Gasteiger partial charge in [0.25, 0.3) is 0 Å². The first-order valence-corrected chi connectivity index (χ1v) is 6.11. The lowest BCUT2D eigenvalue weighted by Gasteiger charge is -2.16. The first kappa shape index (κ1) is 10.6. The number of nitrogens with zero attached hydrogens (tertiary/aromatic N) is 1. The van der Waals surface area contributed by atoms with Crippen molar-refractivity contribution in [1.82, 2.24) is 4.98 Å². The molecule has 3 heteroatoms. The molecule has 80 valence electrons. The van der Waals surface area contributed by atoms with Gasteiger partial charge in [-0.25, -0.2) is 0 Å². The molecule has 0 aliphatic heterocycles. The van der Waals surface area contributed by atoms with Gasteiger partial charge in [-0.2, -0.15) is 0 Å². The minimum Gasteiger partial charge on any atom is -0.388 e. The average Bonchev–Trinajstić information content (AvgIpc) is 2.73. The van der Waals surface area contributed by atoms with Gasteiger partial charge in [-0.1, -0.05) is 20.3 Å². The number of hydrogen-bond donors (Lipinski definition) is 1. The van der Waals surface area contributed by atoms with Crippen LogP contribution in [0.2, 0.25) is 0 Å². The zero-order chi connectivity index (χ0) is 10.8. The van der Waals surface area contributed by atoms with E-state index in [9.17, 15) is 5.11 Å². The van der Waals surface area contributed by atoms with Gasteiger partial charge in [0.15, 0.2) is 0 Å². The average molecular weight is 221 g/mol. The third-order valence-corrected chi connectivity index (χ3v) is 3.70. The maximum Gasteiger partial charge on any atom is 0.0830 e. The first-order chi connectivity index (χ1) is 7.22. The molecule has 2 nitrogen and oxygen atoms in total. The molecule has 0 saturated heterocycles. The molecule has 0 fully saturated rings. The molecule has 0 saturated carbocycles. The predicted molar refractivity (Wildman–Crippen MR) is 64.0 cm³/mol. The van der Waals surface area contributed by atoms with Crippen LogP contribution in [-0.2, 0) is 0 Å². The van der Waals surface area contributed by atoms with Crippen molar-refractivity contribution in [1.29, 1.82) is 0 Å². The molecular weight excluding hydrogens is 206 g/mol. The van der Waals surface area contributed by atoms with Crippen LogP contribution in [0.25, 0.3) is 10.2 Å². The fraction of sp³-hybridized carbons (Fsp3) is 0.417. The Kier molecular flexibility index (Phi) is 3.03. The molecule has 1 N–H and O–H groups in total. The third kappa shape index (κ3) is 2.03. The summed E-state index contributed by atoms with van der Waals surface area (Å²) in [4.78, 5) is 4.33. The Hall–Kier alpha value is -0.930. The van der Waals surface area contributed by atoms with E-state index in [0.717, 1.165) is 22.2 Å². The van der Waals surface area contributed by atoms with Gasteiger partial charge in [-0.3, -0.25) is 4.98 Å². The van der Waals surface area contributed by atoms with E-state index >= 15 is 0 Å². The van der Waals surface area contributed by atoms with Crippen LogP contribution in [0.4, 0.5) is 0 Å². The summed E-state index contributed by atoms with van der Waals surface area (Å²) >= 11 is 1.66. The lowest BCUT2D eigenvalue weighted by Crippen LogP contribution is -2.08. The number of aromatic nitrogens is 1. The largest absolute Gasteiger partial charge is 0.388 e. The highest BCUT2D eigenvalue weighted by molar-refractivity contribution is 7.17. The zero-order valence-electron chi connectivity index (χ0n) is 8.97. The molecule has 2 aromatic rings. The van der Waals surface area contributed by atoms with Gasteiger partial charge >= 0.3 is 0 Å². The highest BCUT2D eigenvalue weighted by Gasteiger charge is 2.15. The van der Waals surface area contributed by atoms with E-state index in [1.807, 2.05) is 17.5 Å². The molecule has 0 aliphatic rings. The minimum absolute atomic E-state index is 0.282. The van der Waals surface area contributed by atoms with Crippen molar-refractivity contribution in [2.24, 2.45) is 5.92 Å². The highest BCUT2D eigenvalue weighted by atomic mass is 32.1. The SMILES string of the molecule is CCC(C)C(O)c1cnc2ccsc2c1. The monoisotopic (exact) mass is 221 g/mol.